The van der Waals surface area contributed by atoms with E-state index in [1.807, 2.05) is 6.92 Å². The summed E-state index contributed by atoms with van der Waals surface area (Å²) in [5.74, 6) is -1.02. The van der Waals surface area contributed by atoms with E-state index in [0.29, 0.717) is 19.4 Å². The van der Waals surface area contributed by atoms with E-state index in [1.54, 1.807) is 7.05 Å². The summed E-state index contributed by atoms with van der Waals surface area (Å²) in [6, 6.07) is -0.373. The number of hydrogen-bond donors (Lipinski definition) is 3. The van der Waals surface area contributed by atoms with Crippen LogP contribution in [0.2, 0.25) is 0 Å². The van der Waals surface area contributed by atoms with Crippen molar-refractivity contribution in [2.75, 3.05) is 20.2 Å². The number of urea groups is 1. The Morgan fingerprint density at radius 1 is 1.26 bits per heavy atom. The van der Waals surface area contributed by atoms with Crippen LogP contribution in [0.1, 0.15) is 46.0 Å². The molecular weight excluding hydrogens is 248 g/mol. The zero-order valence-electron chi connectivity index (χ0n) is 12.1. The maximum Gasteiger partial charge on any atom is 0.329 e. The maximum absolute atomic E-state index is 11.9. The van der Waals surface area contributed by atoms with Gasteiger partial charge < -0.3 is 20.4 Å². The molecule has 0 fully saturated rings. The summed E-state index contributed by atoms with van der Waals surface area (Å²) >= 11 is 0. The van der Waals surface area contributed by atoms with E-state index < -0.39 is 11.5 Å². The first-order chi connectivity index (χ1) is 8.87. The molecule has 19 heavy (non-hydrogen) atoms. The Morgan fingerprint density at radius 3 is 2.37 bits per heavy atom. The van der Waals surface area contributed by atoms with Crippen LogP contribution in [0.25, 0.3) is 0 Å². The van der Waals surface area contributed by atoms with E-state index >= 15 is 0 Å². The van der Waals surface area contributed by atoms with Gasteiger partial charge in [-0.05, 0) is 32.6 Å². The van der Waals surface area contributed by atoms with Gasteiger partial charge in [0.05, 0.1) is 0 Å². The first-order valence-electron chi connectivity index (χ1n) is 6.75. The fourth-order valence-electron chi connectivity index (χ4n) is 1.79. The first kappa shape index (κ1) is 17.7. The molecule has 6 nitrogen and oxygen atoms in total. The lowest BCUT2D eigenvalue weighted by atomic mass is 9.96. The minimum Gasteiger partial charge on any atom is -0.480 e. The van der Waals surface area contributed by atoms with Crippen molar-refractivity contribution in [3.8, 4) is 0 Å². The number of aliphatic hydroxyl groups excluding tert-OH is 1. The number of aliphatic hydroxyl groups is 1. The fourth-order valence-corrected chi connectivity index (χ4v) is 1.79. The Hall–Kier alpha value is -1.30. The molecule has 0 saturated carbocycles. The van der Waals surface area contributed by atoms with E-state index in [2.05, 4.69) is 5.32 Å². The quantitative estimate of drug-likeness (QED) is 0.555. The van der Waals surface area contributed by atoms with Gasteiger partial charge in [-0.25, -0.2) is 9.59 Å². The average Bonchev–Trinajstić information content (AvgIpc) is 2.34. The molecule has 0 aromatic carbocycles. The average molecular weight is 274 g/mol. The van der Waals surface area contributed by atoms with Gasteiger partial charge in [-0.15, -0.1) is 0 Å². The summed E-state index contributed by atoms with van der Waals surface area (Å²) in [6.07, 6.45) is 3.44. The van der Waals surface area contributed by atoms with Crippen LogP contribution in [0.4, 0.5) is 4.79 Å². The van der Waals surface area contributed by atoms with Crippen molar-refractivity contribution >= 4 is 12.0 Å². The largest absolute Gasteiger partial charge is 0.480 e. The van der Waals surface area contributed by atoms with E-state index in [-0.39, 0.29) is 12.6 Å². The number of unbranched alkanes of at least 4 members (excludes halogenated alkanes) is 2. The lowest BCUT2D eigenvalue weighted by Gasteiger charge is -2.28. The second-order valence-electron chi connectivity index (χ2n) is 5.02. The molecule has 0 saturated heterocycles. The molecule has 2 amide bonds. The highest BCUT2D eigenvalue weighted by Crippen LogP contribution is 2.13. The smallest absolute Gasteiger partial charge is 0.329 e. The maximum atomic E-state index is 11.9. The molecule has 0 radical (unpaired) electrons. The number of carboxylic acids is 1. The van der Waals surface area contributed by atoms with Crippen molar-refractivity contribution in [1.29, 1.82) is 0 Å². The third-order valence-electron chi connectivity index (χ3n) is 3.10. The second kappa shape index (κ2) is 8.74. The molecule has 0 rings (SSSR count). The van der Waals surface area contributed by atoms with E-state index in [0.717, 1.165) is 19.3 Å². The topological polar surface area (TPSA) is 89.9 Å². The molecule has 0 aliphatic carbocycles. The van der Waals surface area contributed by atoms with Crippen molar-refractivity contribution in [3.05, 3.63) is 0 Å². The monoisotopic (exact) mass is 274 g/mol. The van der Waals surface area contributed by atoms with Gasteiger partial charge in [-0.2, -0.15) is 0 Å². The van der Waals surface area contributed by atoms with Crippen LogP contribution < -0.4 is 5.32 Å². The number of nitrogens with one attached hydrogen (secondary N) is 1. The summed E-state index contributed by atoms with van der Waals surface area (Å²) in [5.41, 5.74) is -1.22. The Kier molecular flexibility index (Phi) is 8.14. The number of carbonyl (C=O) groups is 2. The Bertz CT molecular complexity index is 296. The predicted molar refractivity (Wildman–Crippen MR) is 73.0 cm³/mol. The minimum atomic E-state index is -1.22. The summed E-state index contributed by atoms with van der Waals surface area (Å²) in [7, 11) is 1.64. The Balaban J connectivity index is 4.28. The standard InChI is InChI=1S/C13H26N2O4/c1-4-8-13(2,11(17)18)14-12(19)15(3)9-6-5-7-10-16/h16H,4-10H2,1-3H3,(H,14,19)(H,17,18). The van der Waals surface area contributed by atoms with Gasteiger partial charge in [0, 0.05) is 20.2 Å². The Morgan fingerprint density at radius 2 is 1.89 bits per heavy atom. The van der Waals surface area contributed by atoms with E-state index in [4.69, 9.17) is 5.11 Å². The molecule has 0 bridgehead atoms. The summed E-state index contributed by atoms with van der Waals surface area (Å²) in [6.45, 7) is 4.11. The summed E-state index contributed by atoms with van der Waals surface area (Å²) in [4.78, 5) is 24.6. The minimum absolute atomic E-state index is 0.156. The van der Waals surface area contributed by atoms with Crippen molar-refractivity contribution in [2.24, 2.45) is 0 Å². The SMILES string of the molecule is CCCC(C)(NC(=O)N(C)CCCCCO)C(=O)O. The van der Waals surface area contributed by atoms with E-state index in [9.17, 15) is 14.7 Å². The van der Waals surface area contributed by atoms with Gasteiger partial charge in [-0.3, -0.25) is 0 Å². The first-order valence-corrected chi connectivity index (χ1v) is 6.75. The fraction of sp³-hybridized carbons (Fsp3) is 0.846. The molecule has 0 aromatic rings. The van der Waals surface area contributed by atoms with Crippen LogP contribution in [-0.4, -0.2) is 52.9 Å². The number of nitrogens with zero attached hydrogens (tertiary/aromatic N) is 1. The number of rotatable bonds is 9. The van der Waals surface area contributed by atoms with E-state index in [1.165, 1.54) is 11.8 Å². The predicted octanol–water partition coefficient (Wildman–Crippen LogP) is 1.43. The van der Waals surface area contributed by atoms with Gasteiger partial charge >= 0.3 is 12.0 Å². The van der Waals surface area contributed by atoms with Crippen LogP contribution in [0.3, 0.4) is 0 Å². The normalized spacial score (nSPS) is 13.7. The third kappa shape index (κ3) is 6.42. The number of carbonyl (C=O) groups excluding carboxylic acids is 1. The van der Waals surface area contributed by atoms with Crippen LogP contribution >= 0.6 is 0 Å². The van der Waals surface area contributed by atoms with Crippen molar-refractivity contribution < 1.29 is 19.8 Å². The molecular formula is C13H26N2O4. The lowest BCUT2D eigenvalue weighted by Crippen LogP contribution is -2.55. The van der Waals surface area contributed by atoms with Gasteiger partial charge in [-0.1, -0.05) is 13.3 Å². The summed E-state index contributed by atoms with van der Waals surface area (Å²) < 4.78 is 0. The second-order valence-corrected chi connectivity index (χ2v) is 5.02. The highest BCUT2D eigenvalue weighted by molar-refractivity contribution is 5.85. The van der Waals surface area contributed by atoms with Crippen molar-refractivity contribution in [1.82, 2.24) is 10.2 Å². The summed E-state index contributed by atoms with van der Waals surface area (Å²) in [5, 5.41) is 20.4. The highest BCUT2D eigenvalue weighted by Gasteiger charge is 2.34. The molecule has 1 atom stereocenters. The molecule has 0 aliphatic rings. The van der Waals surface area contributed by atoms with Crippen molar-refractivity contribution in [2.45, 2.75) is 51.5 Å². The van der Waals surface area contributed by atoms with Crippen LogP contribution in [0.15, 0.2) is 0 Å². The number of hydrogen-bond acceptors (Lipinski definition) is 3. The number of aliphatic carboxylic acids is 1. The molecule has 112 valence electrons. The molecule has 0 spiro atoms. The molecule has 0 aliphatic heterocycles. The van der Waals surface area contributed by atoms with Gasteiger partial charge in [0.15, 0.2) is 0 Å². The van der Waals surface area contributed by atoms with Gasteiger partial charge in [0.25, 0.3) is 0 Å². The molecule has 3 N–H and O–H groups in total. The molecule has 0 heterocycles. The zero-order valence-corrected chi connectivity index (χ0v) is 12.1. The number of carboxylic acid groups (broad SMARTS) is 1. The lowest BCUT2D eigenvalue weighted by molar-refractivity contribution is -0.144. The van der Waals surface area contributed by atoms with Crippen LogP contribution in [0.5, 0.6) is 0 Å². The van der Waals surface area contributed by atoms with Gasteiger partial charge in [0.1, 0.15) is 5.54 Å². The van der Waals surface area contributed by atoms with Crippen LogP contribution in [0, 0.1) is 0 Å². The zero-order chi connectivity index (χ0) is 14.9. The Labute approximate surface area is 114 Å². The van der Waals surface area contributed by atoms with Gasteiger partial charge in [0.2, 0.25) is 0 Å². The molecule has 1 unspecified atom stereocenters. The molecule has 0 aromatic heterocycles. The van der Waals surface area contributed by atoms with Crippen LogP contribution in [-0.2, 0) is 4.79 Å². The number of amides is 2. The van der Waals surface area contributed by atoms with Crippen molar-refractivity contribution in [3.63, 3.8) is 0 Å². The molecule has 6 heteroatoms. The highest BCUT2D eigenvalue weighted by atomic mass is 16.4. The third-order valence-corrected chi connectivity index (χ3v) is 3.10.